The number of anilines is 1. The molecule has 0 bridgehead atoms. The number of amides is 1. The van der Waals surface area contributed by atoms with E-state index in [1.54, 1.807) is 37.9 Å². The lowest BCUT2D eigenvalue weighted by Crippen LogP contribution is -2.27. The van der Waals surface area contributed by atoms with E-state index in [1.807, 2.05) is 0 Å². The Labute approximate surface area is 162 Å². The number of halogens is 1. The van der Waals surface area contributed by atoms with Crippen molar-refractivity contribution in [3.8, 4) is 0 Å². The van der Waals surface area contributed by atoms with Crippen molar-refractivity contribution in [1.29, 1.82) is 0 Å². The second-order valence-electron chi connectivity index (χ2n) is 7.87. The van der Waals surface area contributed by atoms with Crippen molar-refractivity contribution < 1.29 is 13.6 Å². The molecule has 2 heterocycles. The molecule has 2 aromatic heterocycles. The lowest BCUT2D eigenvalue weighted by Gasteiger charge is -2.18. The van der Waals surface area contributed by atoms with E-state index >= 15 is 0 Å². The first-order chi connectivity index (χ1) is 13.3. The Kier molecular flexibility index (Phi) is 4.33. The zero-order valence-corrected chi connectivity index (χ0v) is 16.5. The molecule has 1 saturated carbocycles. The minimum Gasteiger partial charge on any atom is -0.442 e. The number of aryl methyl sites for hydroxylation is 2. The van der Waals surface area contributed by atoms with E-state index in [0.717, 1.165) is 18.4 Å². The Morgan fingerprint density at radius 1 is 1.32 bits per heavy atom. The van der Waals surface area contributed by atoms with Crippen molar-refractivity contribution in [2.75, 3.05) is 12.4 Å². The zero-order valence-electron chi connectivity index (χ0n) is 16.5. The van der Waals surface area contributed by atoms with Gasteiger partial charge in [-0.25, -0.2) is 14.4 Å². The molecule has 1 amide bonds. The summed E-state index contributed by atoms with van der Waals surface area (Å²) in [7, 11) is 1.72. The molecule has 7 heteroatoms. The third-order valence-electron chi connectivity index (χ3n) is 5.29. The smallest absolute Gasteiger partial charge is 0.258 e. The molecule has 1 aliphatic carbocycles. The fourth-order valence-electron chi connectivity index (χ4n) is 3.34. The Hall–Kier alpha value is -2.96. The van der Waals surface area contributed by atoms with Crippen LogP contribution in [0.25, 0.3) is 11.1 Å². The average molecular weight is 382 g/mol. The summed E-state index contributed by atoms with van der Waals surface area (Å²) in [6, 6.07) is 4.87. The molecule has 6 nitrogen and oxygen atoms in total. The normalized spacial score (nSPS) is 14.9. The van der Waals surface area contributed by atoms with Gasteiger partial charge < -0.3 is 14.6 Å². The molecule has 0 unspecified atom stereocenters. The van der Waals surface area contributed by atoms with Crippen LogP contribution in [0.4, 0.5) is 10.2 Å². The Balaban J connectivity index is 1.68. The van der Waals surface area contributed by atoms with Gasteiger partial charge in [-0.15, -0.1) is 0 Å². The van der Waals surface area contributed by atoms with Crippen LogP contribution in [0.5, 0.6) is 0 Å². The molecule has 0 atom stereocenters. The van der Waals surface area contributed by atoms with Gasteiger partial charge in [0, 0.05) is 19.1 Å². The van der Waals surface area contributed by atoms with E-state index in [0.29, 0.717) is 40.3 Å². The van der Waals surface area contributed by atoms with E-state index < -0.39 is 0 Å². The summed E-state index contributed by atoms with van der Waals surface area (Å²) < 4.78 is 19.3. The maximum Gasteiger partial charge on any atom is 0.258 e. The standard InChI is InChI=1S/C21H23FN4O2/c1-12-9-14(5-6-15(12)22)10-26(4)20(27)16-13(2)28-19-17(16)18(23-11-24-19)25-21(3)7-8-21/h5-6,9,11H,7-8,10H2,1-4H3,(H,23,24,25). The van der Waals surface area contributed by atoms with Crippen LogP contribution < -0.4 is 5.32 Å². The maximum atomic E-state index is 13.5. The summed E-state index contributed by atoms with van der Waals surface area (Å²) in [6.07, 6.45) is 3.56. The van der Waals surface area contributed by atoms with E-state index in [1.165, 1.54) is 12.4 Å². The van der Waals surface area contributed by atoms with Crippen LogP contribution >= 0.6 is 0 Å². The molecule has 0 aliphatic heterocycles. The second-order valence-corrected chi connectivity index (χ2v) is 7.87. The first-order valence-corrected chi connectivity index (χ1v) is 9.30. The highest BCUT2D eigenvalue weighted by Crippen LogP contribution is 2.40. The molecule has 0 spiro atoms. The number of nitrogens with one attached hydrogen (secondary N) is 1. The summed E-state index contributed by atoms with van der Waals surface area (Å²) in [5, 5.41) is 4.03. The fraction of sp³-hybridized carbons (Fsp3) is 0.381. The molecule has 28 heavy (non-hydrogen) atoms. The third-order valence-corrected chi connectivity index (χ3v) is 5.29. The number of benzene rings is 1. The van der Waals surface area contributed by atoms with E-state index in [2.05, 4.69) is 22.2 Å². The highest BCUT2D eigenvalue weighted by atomic mass is 19.1. The van der Waals surface area contributed by atoms with Gasteiger partial charge in [0.1, 0.15) is 23.7 Å². The first-order valence-electron chi connectivity index (χ1n) is 9.30. The minimum absolute atomic E-state index is 0.00428. The number of furan rings is 1. The quantitative estimate of drug-likeness (QED) is 0.716. The number of hydrogen-bond donors (Lipinski definition) is 1. The van der Waals surface area contributed by atoms with Crippen LogP contribution in [-0.2, 0) is 6.54 Å². The molecule has 4 rings (SSSR count). The molecule has 146 valence electrons. The molecule has 1 N–H and O–H groups in total. The van der Waals surface area contributed by atoms with Crippen molar-refractivity contribution in [2.24, 2.45) is 0 Å². The largest absolute Gasteiger partial charge is 0.442 e. The summed E-state index contributed by atoms with van der Waals surface area (Å²) >= 11 is 0. The van der Waals surface area contributed by atoms with Gasteiger partial charge in [0.05, 0.1) is 10.9 Å². The minimum atomic E-state index is -0.254. The predicted octanol–water partition coefficient (Wildman–Crippen LogP) is 4.22. The topological polar surface area (TPSA) is 71.3 Å². The zero-order chi connectivity index (χ0) is 20.1. The van der Waals surface area contributed by atoms with E-state index in [9.17, 15) is 9.18 Å². The van der Waals surface area contributed by atoms with E-state index in [-0.39, 0.29) is 17.3 Å². The number of aromatic nitrogens is 2. The van der Waals surface area contributed by atoms with Gasteiger partial charge in [0.15, 0.2) is 0 Å². The summed E-state index contributed by atoms with van der Waals surface area (Å²) in [5.74, 6) is 0.690. The SMILES string of the molecule is Cc1cc(CN(C)C(=O)c2c(C)oc3ncnc(NC4(C)CC4)c23)ccc1F. The van der Waals surface area contributed by atoms with Crippen LogP contribution in [0.15, 0.2) is 28.9 Å². The summed E-state index contributed by atoms with van der Waals surface area (Å²) in [6.45, 7) is 5.95. The molecule has 0 saturated heterocycles. The number of carbonyl (C=O) groups is 1. The van der Waals surface area contributed by atoms with E-state index in [4.69, 9.17) is 4.42 Å². The van der Waals surface area contributed by atoms with Crippen molar-refractivity contribution in [3.05, 3.63) is 52.8 Å². The predicted molar refractivity (Wildman–Crippen MR) is 105 cm³/mol. The Morgan fingerprint density at radius 3 is 2.75 bits per heavy atom. The highest BCUT2D eigenvalue weighted by molar-refractivity contribution is 6.10. The van der Waals surface area contributed by atoms with Crippen molar-refractivity contribution in [1.82, 2.24) is 14.9 Å². The average Bonchev–Trinajstić information content (AvgIpc) is 3.26. The second kappa shape index (κ2) is 6.58. The van der Waals surface area contributed by atoms with Crippen molar-refractivity contribution in [3.63, 3.8) is 0 Å². The third kappa shape index (κ3) is 3.32. The maximum absolute atomic E-state index is 13.5. The lowest BCUT2D eigenvalue weighted by molar-refractivity contribution is 0.0785. The molecule has 1 fully saturated rings. The van der Waals surface area contributed by atoms with Gasteiger partial charge >= 0.3 is 0 Å². The monoisotopic (exact) mass is 382 g/mol. The van der Waals surface area contributed by atoms with Crippen LogP contribution in [0, 0.1) is 19.7 Å². The van der Waals surface area contributed by atoms with Gasteiger partial charge in [-0.2, -0.15) is 0 Å². The van der Waals surface area contributed by atoms with Gasteiger partial charge in [0.25, 0.3) is 5.91 Å². The lowest BCUT2D eigenvalue weighted by atomic mass is 10.1. The molecular weight excluding hydrogens is 359 g/mol. The Morgan fingerprint density at radius 2 is 2.07 bits per heavy atom. The van der Waals surface area contributed by atoms with Crippen LogP contribution in [0.2, 0.25) is 0 Å². The molecular formula is C21H23FN4O2. The Bertz CT molecular complexity index is 1070. The number of hydrogen-bond acceptors (Lipinski definition) is 5. The molecule has 3 aromatic rings. The van der Waals surface area contributed by atoms with Gasteiger partial charge in [-0.3, -0.25) is 4.79 Å². The van der Waals surface area contributed by atoms with Gasteiger partial charge in [-0.1, -0.05) is 12.1 Å². The van der Waals surface area contributed by atoms with Crippen LogP contribution in [0.3, 0.4) is 0 Å². The van der Waals surface area contributed by atoms with Gasteiger partial charge in [0.2, 0.25) is 5.71 Å². The molecule has 1 aromatic carbocycles. The molecule has 0 radical (unpaired) electrons. The highest BCUT2D eigenvalue weighted by Gasteiger charge is 2.38. The summed E-state index contributed by atoms with van der Waals surface area (Å²) in [4.78, 5) is 23.4. The number of rotatable bonds is 5. The van der Waals surface area contributed by atoms with Crippen molar-refractivity contribution >= 4 is 22.8 Å². The summed E-state index contributed by atoms with van der Waals surface area (Å²) in [5.41, 5.74) is 2.28. The number of carbonyl (C=O) groups excluding carboxylic acids is 1. The van der Waals surface area contributed by atoms with Crippen LogP contribution in [-0.4, -0.2) is 33.4 Å². The van der Waals surface area contributed by atoms with Crippen molar-refractivity contribution in [2.45, 2.75) is 45.7 Å². The molecule has 1 aliphatic rings. The van der Waals surface area contributed by atoms with Gasteiger partial charge in [-0.05, 0) is 50.8 Å². The van der Waals surface area contributed by atoms with Crippen LogP contribution in [0.1, 0.15) is 47.0 Å². The number of fused-ring (bicyclic) bond motifs is 1. The number of nitrogens with zero attached hydrogens (tertiary/aromatic N) is 3. The first kappa shape index (κ1) is 18.4. The fourth-order valence-corrected chi connectivity index (χ4v) is 3.34.